The molecule has 1 aromatic rings. The number of carboxylic acids is 1. The SMILES string of the molecule is CC(C)CC(NC(=O)c1nc(N)n[nH]1)C(=O)O. The Morgan fingerprint density at radius 1 is 1.53 bits per heavy atom. The highest BCUT2D eigenvalue weighted by Gasteiger charge is 2.23. The molecule has 0 aliphatic heterocycles. The summed E-state index contributed by atoms with van der Waals surface area (Å²) in [5, 5.41) is 17.1. The number of nitrogens with one attached hydrogen (secondary N) is 2. The normalized spacial score (nSPS) is 12.4. The molecule has 8 nitrogen and oxygen atoms in total. The van der Waals surface area contributed by atoms with Crippen LogP contribution in [0.15, 0.2) is 0 Å². The lowest BCUT2D eigenvalue weighted by Gasteiger charge is -2.15. The number of aromatic amines is 1. The van der Waals surface area contributed by atoms with Crippen molar-refractivity contribution in [1.29, 1.82) is 0 Å². The minimum Gasteiger partial charge on any atom is -0.480 e. The topological polar surface area (TPSA) is 134 Å². The lowest BCUT2D eigenvalue weighted by Crippen LogP contribution is -2.42. The molecule has 1 heterocycles. The van der Waals surface area contributed by atoms with Gasteiger partial charge in [-0.1, -0.05) is 13.8 Å². The summed E-state index contributed by atoms with van der Waals surface area (Å²) in [6.07, 6.45) is 0.338. The molecule has 0 fully saturated rings. The second-order valence-corrected chi connectivity index (χ2v) is 4.04. The quantitative estimate of drug-likeness (QED) is 0.555. The zero-order valence-electron chi connectivity index (χ0n) is 9.60. The van der Waals surface area contributed by atoms with E-state index in [-0.39, 0.29) is 17.7 Å². The van der Waals surface area contributed by atoms with Crippen LogP contribution in [0.4, 0.5) is 5.95 Å². The second kappa shape index (κ2) is 5.28. The zero-order valence-corrected chi connectivity index (χ0v) is 9.60. The molecule has 1 rings (SSSR count). The summed E-state index contributed by atoms with van der Waals surface area (Å²) in [4.78, 5) is 26.1. The van der Waals surface area contributed by atoms with Crippen molar-refractivity contribution in [3.05, 3.63) is 5.82 Å². The van der Waals surface area contributed by atoms with Gasteiger partial charge in [0.1, 0.15) is 6.04 Å². The number of anilines is 1. The van der Waals surface area contributed by atoms with Gasteiger partial charge in [-0.05, 0) is 12.3 Å². The molecule has 1 atom stereocenters. The third-order valence-electron chi connectivity index (χ3n) is 2.03. The standard InChI is InChI=1S/C9H15N5O3/c1-4(2)3-5(8(16)17)11-7(15)6-12-9(10)14-13-6/h4-5H,3H2,1-2H3,(H,11,15)(H,16,17)(H3,10,12,13,14). The van der Waals surface area contributed by atoms with Gasteiger partial charge in [0.2, 0.25) is 11.8 Å². The molecular weight excluding hydrogens is 226 g/mol. The van der Waals surface area contributed by atoms with E-state index in [9.17, 15) is 9.59 Å². The van der Waals surface area contributed by atoms with E-state index in [1.807, 2.05) is 13.8 Å². The average Bonchev–Trinajstić information content (AvgIpc) is 2.63. The number of nitrogens with zero attached hydrogens (tertiary/aromatic N) is 2. The Morgan fingerprint density at radius 2 is 2.18 bits per heavy atom. The van der Waals surface area contributed by atoms with E-state index in [0.29, 0.717) is 6.42 Å². The average molecular weight is 241 g/mol. The fourth-order valence-electron chi connectivity index (χ4n) is 1.30. The fourth-order valence-corrected chi connectivity index (χ4v) is 1.30. The van der Waals surface area contributed by atoms with Gasteiger partial charge in [-0.3, -0.25) is 9.89 Å². The van der Waals surface area contributed by atoms with Crippen molar-refractivity contribution < 1.29 is 14.7 Å². The highest BCUT2D eigenvalue weighted by atomic mass is 16.4. The van der Waals surface area contributed by atoms with E-state index in [0.717, 1.165) is 0 Å². The molecule has 0 bridgehead atoms. The summed E-state index contributed by atoms with van der Waals surface area (Å²) in [6.45, 7) is 3.74. The molecule has 0 radical (unpaired) electrons. The number of amides is 1. The third-order valence-corrected chi connectivity index (χ3v) is 2.03. The first-order valence-corrected chi connectivity index (χ1v) is 5.11. The van der Waals surface area contributed by atoms with Gasteiger partial charge in [-0.25, -0.2) is 4.79 Å². The van der Waals surface area contributed by atoms with Crippen LogP contribution >= 0.6 is 0 Å². The number of carbonyl (C=O) groups is 2. The summed E-state index contributed by atoms with van der Waals surface area (Å²) < 4.78 is 0. The first-order valence-electron chi connectivity index (χ1n) is 5.11. The Labute approximate surface area is 97.6 Å². The predicted molar refractivity (Wildman–Crippen MR) is 59.1 cm³/mol. The Bertz CT molecular complexity index is 415. The van der Waals surface area contributed by atoms with Gasteiger partial charge in [0, 0.05) is 0 Å². The van der Waals surface area contributed by atoms with Gasteiger partial charge in [-0.2, -0.15) is 4.98 Å². The van der Waals surface area contributed by atoms with Crippen molar-refractivity contribution in [3.63, 3.8) is 0 Å². The van der Waals surface area contributed by atoms with Crippen molar-refractivity contribution in [2.75, 3.05) is 5.73 Å². The van der Waals surface area contributed by atoms with E-state index in [1.54, 1.807) is 0 Å². The molecule has 1 unspecified atom stereocenters. The number of hydrogen-bond donors (Lipinski definition) is 4. The number of nitrogen functional groups attached to an aromatic ring is 1. The summed E-state index contributed by atoms with van der Waals surface area (Å²) in [5.41, 5.74) is 5.24. The lowest BCUT2D eigenvalue weighted by atomic mass is 10.0. The second-order valence-electron chi connectivity index (χ2n) is 4.04. The molecule has 0 aromatic carbocycles. The highest BCUT2D eigenvalue weighted by molar-refractivity contribution is 5.93. The molecule has 1 aromatic heterocycles. The third kappa shape index (κ3) is 3.74. The number of aromatic nitrogens is 3. The Balaban J connectivity index is 2.67. The molecule has 0 aliphatic rings. The van der Waals surface area contributed by atoms with Crippen molar-refractivity contribution in [2.24, 2.45) is 5.92 Å². The van der Waals surface area contributed by atoms with E-state index in [4.69, 9.17) is 10.8 Å². The lowest BCUT2D eigenvalue weighted by molar-refractivity contribution is -0.139. The maximum Gasteiger partial charge on any atom is 0.326 e. The highest BCUT2D eigenvalue weighted by Crippen LogP contribution is 2.05. The fraction of sp³-hybridized carbons (Fsp3) is 0.556. The van der Waals surface area contributed by atoms with Crippen LogP contribution in [0.3, 0.4) is 0 Å². The van der Waals surface area contributed by atoms with Gasteiger partial charge in [0.05, 0.1) is 0 Å². The maximum absolute atomic E-state index is 11.6. The minimum absolute atomic E-state index is 0.0640. The van der Waals surface area contributed by atoms with Crippen LogP contribution in [0.2, 0.25) is 0 Å². The van der Waals surface area contributed by atoms with Crippen LogP contribution in [0.25, 0.3) is 0 Å². The number of carboxylic acid groups (broad SMARTS) is 1. The van der Waals surface area contributed by atoms with Crippen molar-refractivity contribution in [2.45, 2.75) is 26.3 Å². The molecule has 8 heteroatoms. The molecule has 0 saturated heterocycles. The first-order chi connectivity index (χ1) is 7.90. The summed E-state index contributed by atoms with van der Waals surface area (Å²) in [7, 11) is 0. The molecule has 5 N–H and O–H groups in total. The number of H-pyrrole nitrogens is 1. The predicted octanol–water partition coefficient (Wildman–Crippen LogP) is -0.384. The number of aliphatic carboxylic acids is 1. The first kappa shape index (κ1) is 12.9. The van der Waals surface area contributed by atoms with Crippen LogP contribution < -0.4 is 11.1 Å². The van der Waals surface area contributed by atoms with Crippen LogP contribution in [-0.4, -0.2) is 38.2 Å². The van der Waals surface area contributed by atoms with Gasteiger partial charge in [-0.15, -0.1) is 5.10 Å². The van der Waals surface area contributed by atoms with Crippen LogP contribution in [0.1, 0.15) is 30.9 Å². The summed E-state index contributed by atoms with van der Waals surface area (Å²) >= 11 is 0. The van der Waals surface area contributed by atoms with E-state index >= 15 is 0 Å². The smallest absolute Gasteiger partial charge is 0.326 e. The van der Waals surface area contributed by atoms with Crippen molar-refractivity contribution in [3.8, 4) is 0 Å². The largest absolute Gasteiger partial charge is 0.480 e. The Hall–Kier alpha value is -2.12. The molecule has 0 saturated carbocycles. The Kier molecular flexibility index (Phi) is 4.02. The van der Waals surface area contributed by atoms with Gasteiger partial charge < -0.3 is 16.2 Å². The van der Waals surface area contributed by atoms with E-state index < -0.39 is 17.9 Å². The minimum atomic E-state index is -1.08. The summed E-state index contributed by atoms with van der Waals surface area (Å²) in [6, 6.07) is -0.950. The van der Waals surface area contributed by atoms with Crippen molar-refractivity contribution >= 4 is 17.8 Å². The Morgan fingerprint density at radius 3 is 2.59 bits per heavy atom. The molecule has 17 heavy (non-hydrogen) atoms. The van der Waals surface area contributed by atoms with E-state index in [2.05, 4.69) is 20.5 Å². The zero-order chi connectivity index (χ0) is 13.0. The van der Waals surface area contributed by atoms with Gasteiger partial charge in [0.15, 0.2) is 0 Å². The molecule has 0 aliphatic carbocycles. The molecular formula is C9H15N5O3. The van der Waals surface area contributed by atoms with Crippen molar-refractivity contribution in [1.82, 2.24) is 20.5 Å². The van der Waals surface area contributed by atoms with Crippen LogP contribution in [-0.2, 0) is 4.79 Å². The monoisotopic (exact) mass is 241 g/mol. The molecule has 0 spiro atoms. The number of rotatable bonds is 5. The van der Waals surface area contributed by atoms with E-state index in [1.165, 1.54) is 0 Å². The van der Waals surface area contributed by atoms with Crippen LogP contribution in [0, 0.1) is 5.92 Å². The summed E-state index contributed by atoms with van der Waals surface area (Å²) in [5.74, 6) is -1.73. The molecule has 94 valence electrons. The van der Waals surface area contributed by atoms with Crippen LogP contribution in [0.5, 0.6) is 0 Å². The van der Waals surface area contributed by atoms with Gasteiger partial charge in [0.25, 0.3) is 5.91 Å². The number of carbonyl (C=O) groups excluding carboxylic acids is 1. The van der Waals surface area contributed by atoms with Gasteiger partial charge >= 0.3 is 5.97 Å². The number of nitrogens with two attached hydrogens (primary N) is 1. The maximum atomic E-state index is 11.6. The number of hydrogen-bond acceptors (Lipinski definition) is 5. The molecule has 1 amide bonds.